The molecule has 2 amide bonds. The lowest BCUT2D eigenvalue weighted by Gasteiger charge is -2.11. The summed E-state index contributed by atoms with van der Waals surface area (Å²) < 4.78 is 37.7. The van der Waals surface area contributed by atoms with Crippen LogP contribution in [-0.4, -0.2) is 33.4 Å². The Kier molecular flexibility index (Phi) is 8.63. The first-order valence-electron chi connectivity index (χ1n) is 12.1. The topological polar surface area (TPSA) is 111 Å². The first-order valence-corrected chi connectivity index (χ1v) is 13.6. The van der Waals surface area contributed by atoms with Crippen LogP contribution in [0.5, 0.6) is 11.5 Å². The number of hydrogen-bond acceptors (Lipinski definition) is 6. The molecule has 0 aliphatic carbocycles. The van der Waals surface area contributed by atoms with E-state index >= 15 is 0 Å². The van der Waals surface area contributed by atoms with Crippen molar-refractivity contribution in [2.75, 3.05) is 23.8 Å². The standard InChI is InChI=1S/C30H28N2O6S/c1-21-7-3-11-25(15-21)37-19-29(33)31-23-9-5-13-27(17-23)39(35,36)28-14-6-10-24(18-28)32-30(34)20-38-26-12-4-8-22(2)16-26/h3-18H,19-20H2,1-2H3,(H,31,33)(H,32,34). The number of ether oxygens (including phenoxy) is 2. The van der Waals surface area contributed by atoms with Gasteiger partial charge in [-0.3, -0.25) is 9.59 Å². The van der Waals surface area contributed by atoms with Gasteiger partial charge in [0.15, 0.2) is 13.2 Å². The first-order chi connectivity index (χ1) is 18.7. The van der Waals surface area contributed by atoms with Gasteiger partial charge in [0.25, 0.3) is 11.8 Å². The van der Waals surface area contributed by atoms with Crippen molar-refractivity contribution >= 4 is 33.0 Å². The lowest BCUT2D eigenvalue weighted by molar-refractivity contribution is -0.118. The third kappa shape index (κ3) is 7.68. The normalized spacial score (nSPS) is 10.9. The molecule has 0 heterocycles. The molecule has 8 nitrogen and oxygen atoms in total. The second-order valence-electron chi connectivity index (χ2n) is 8.87. The van der Waals surface area contributed by atoms with Gasteiger partial charge in [-0.15, -0.1) is 0 Å². The molecular weight excluding hydrogens is 516 g/mol. The third-order valence-corrected chi connectivity index (χ3v) is 7.32. The summed E-state index contributed by atoms with van der Waals surface area (Å²) in [5.74, 6) is 0.276. The summed E-state index contributed by atoms with van der Waals surface area (Å²) in [6.45, 7) is 3.39. The summed E-state index contributed by atoms with van der Waals surface area (Å²) in [7, 11) is -3.94. The maximum atomic E-state index is 13.3. The van der Waals surface area contributed by atoms with E-state index in [2.05, 4.69) is 10.6 Å². The number of carbonyl (C=O) groups is 2. The van der Waals surface area contributed by atoms with Crippen LogP contribution in [0.25, 0.3) is 0 Å². The maximum absolute atomic E-state index is 13.3. The molecule has 0 aromatic heterocycles. The quantitative estimate of drug-likeness (QED) is 0.285. The van der Waals surface area contributed by atoms with Crippen molar-refractivity contribution in [3.05, 3.63) is 108 Å². The van der Waals surface area contributed by atoms with E-state index in [9.17, 15) is 18.0 Å². The van der Waals surface area contributed by atoms with E-state index in [1.165, 1.54) is 36.4 Å². The van der Waals surface area contributed by atoms with Crippen LogP contribution in [0.3, 0.4) is 0 Å². The van der Waals surface area contributed by atoms with Gasteiger partial charge in [-0.1, -0.05) is 36.4 Å². The monoisotopic (exact) mass is 544 g/mol. The number of amides is 2. The number of anilines is 2. The minimum atomic E-state index is -3.94. The third-order valence-electron chi connectivity index (χ3n) is 5.58. The van der Waals surface area contributed by atoms with Crippen LogP contribution in [0.4, 0.5) is 11.4 Å². The summed E-state index contributed by atoms with van der Waals surface area (Å²) in [6.07, 6.45) is 0. The average molecular weight is 545 g/mol. The largest absolute Gasteiger partial charge is 0.484 e. The number of rotatable bonds is 10. The fourth-order valence-electron chi connectivity index (χ4n) is 3.72. The number of hydrogen-bond donors (Lipinski definition) is 2. The first kappa shape index (κ1) is 27.4. The van der Waals surface area contributed by atoms with Crippen LogP contribution in [0.15, 0.2) is 107 Å². The fourth-order valence-corrected chi connectivity index (χ4v) is 5.07. The van der Waals surface area contributed by atoms with Gasteiger partial charge in [-0.05, 0) is 85.6 Å². The van der Waals surface area contributed by atoms with Crippen molar-refractivity contribution in [3.63, 3.8) is 0 Å². The molecular formula is C30H28N2O6S. The van der Waals surface area contributed by atoms with E-state index in [-0.39, 0.29) is 23.0 Å². The predicted molar refractivity (Wildman–Crippen MR) is 149 cm³/mol. The Morgan fingerprint density at radius 3 is 1.44 bits per heavy atom. The van der Waals surface area contributed by atoms with E-state index in [1.54, 1.807) is 24.3 Å². The number of nitrogens with one attached hydrogen (secondary N) is 2. The molecule has 0 aliphatic rings. The minimum absolute atomic E-state index is 0.00819. The minimum Gasteiger partial charge on any atom is -0.484 e. The average Bonchev–Trinajstić information content (AvgIpc) is 2.91. The molecule has 4 aromatic carbocycles. The molecule has 0 saturated carbocycles. The van der Waals surface area contributed by atoms with Crippen LogP contribution in [0.2, 0.25) is 0 Å². The zero-order chi connectivity index (χ0) is 27.8. The van der Waals surface area contributed by atoms with Gasteiger partial charge >= 0.3 is 0 Å². The van der Waals surface area contributed by atoms with E-state index in [0.29, 0.717) is 22.9 Å². The van der Waals surface area contributed by atoms with Gasteiger partial charge in [0.2, 0.25) is 9.84 Å². The second-order valence-corrected chi connectivity index (χ2v) is 10.8. The molecule has 0 radical (unpaired) electrons. The molecule has 0 bridgehead atoms. The van der Waals surface area contributed by atoms with Gasteiger partial charge in [0.1, 0.15) is 11.5 Å². The molecule has 0 saturated heterocycles. The number of sulfone groups is 1. The summed E-state index contributed by atoms with van der Waals surface area (Å²) in [6, 6.07) is 26.5. The molecule has 0 atom stereocenters. The smallest absolute Gasteiger partial charge is 0.262 e. The summed E-state index contributed by atoms with van der Waals surface area (Å²) >= 11 is 0. The zero-order valence-electron chi connectivity index (χ0n) is 21.5. The lowest BCUT2D eigenvalue weighted by atomic mass is 10.2. The second kappa shape index (κ2) is 12.3. The number of carbonyl (C=O) groups excluding carboxylic acids is 2. The molecule has 4 rings (SSSR count). The van der Waals surface area contributed by atoms with Crippen LogP contribution in [0.1, 0.15) is 11.1 Å². The van der Waals surface area contributed by atoms with Crippen LogP contribution >= 0.6 is 0 Å². The molecule has 0 aliphatic heterocycles. The molecule has 0 spiro atoms. The van der Waals surface area contributed by atoms with Crippen molar-refractivity contribution in [1.82, 2.24) is 0 Å². The van der Waals surface area contributed by atoms with Crippen LogP contribution in [0, 0.1) is 13.8 Å². The van der Waals surface area contributed by atoms with Gasteiger partial charge in [0.05, 0.1) is 9.79 Å². The van der Waals surface area contributed by atoms with Crippen molar-refractivity contribution in [1.29, 1.82) is 0 Å². The molecule has 4 aromatic rings. The highest BCUT2D eigenvalue weighted by Crippen LogP contribution is 2.25. The molecule has 39 heavy (non-hydrogen) atoms. The maximum Gasteiger partial charge on any atom is 0.262 e. The Bertz CT molecular complexity index is 1490. The van der Waals surface area contributed by atoms with E-state index in [1.807, 2.05) is 50.2 Å². The SMILES string of the molecule is Cc1cccc(OCC(=O)Nc2cccc(S(=O)(=O)c3cccc(NC(=O)COc4cccc(C)c4)c3)c2)c1. The van der Waals surface area contributed by atoms with Gasteiger partial charge in [-0.25, -0.2) is 8.42 Å². The fraction of sp³-hybridized carbons (Fsp3) is 0.133. The molecule has 0 fully saturated rings. The summed E-state index contributed by atoms with van der Waals surface area (Å²) in [4.78, 5) is 24.7. The molecule has 9 heteroatoms. The van der Waals surface area contributed by atoms with Gasteiger partial charge < -0.3 is 20.1 Å². The highest BCUT2D eigenvalue weighted by atomic mass is 32.2. The number of aryl methyl sites for hydroxylation is 2. The number of benzene rings is 4. The summed E-state index contributed by atoms with van der Waals surface area (Å²) in [5.41, 5.74) is 2.63. The summed E-state index contributed by atoms with van der Waals surface area (Å²) in [5, 5.41) is 5.32. The Balaban J connectivity index is 1.39. The molecule has 200 valence electrons. The van der Waals surface area contributed by atoms with Crippen molar-refractivity contribution in [2.24, 2.45) is 0 Å². The van der Waals surface area contributed by atoms with Crippen molar-refractivity contribution in [3.8, 4) is 11.5 Å². The van der Waals surface area contributed by atoms with E-state index < -0.39 is 21.7 Å². The van der Waals surface area contributed by atoms with Gasteiger partial charge in [-0.2, -0.15) is 0 Å². The van der Waals surface area contributed by atoms with E-state index in [4.69, 9.17) is 9.47 Å². The predicted octanol–water partition coefficient (Wildman–Crippen LogP) is 5.17. The van der Waals surface area contributed by atoms with Crippen LogP contribution < -0.4 is 20.1 Å². The zero-order valence-corrected chi connectivity index (χ0v) is 22.3. The Hall–Kier alpha value is -4.63. The van der Waals surface area contributed by atoms with Crippen molar-refractivity contribution in [2.45, 2.75) is 23.6 Å². The van der Waals surface area contributed by atoms with Crippen molar-refractivity contribution < 1.29 is 27.5 Å². The Labute approximate surface area is 227 Å². The highest BCUT2D eigenvalue weighted by molar-refractivity contribution is 7.91. The van der Waals surface area contributed by atoms with Gasteiger partial charge in [0, 0.05) is 11.4 Å². The highest BCUT2D eigenvalue weighted by Gasteiger charge is 2.19. The Morgan fingerprint density at radius 1 is 0.615 bits per heavy atom. The van der Waals surface area contributed by atoms with Crippen LogP contribution in [-0.2, 0) is 19.4 Å². The molecule has 2 N–H and O–H groups in total. The van der Waals surface area contributed by atoms with E-state index in [0.717, 1.165) is 11.1 Å². The lowest BCUT2D eigenvalue weighted by Crippen LogP contribution is -2.20. The Morgan fingerprint density at radius 2 is 1.03 bits per heavy atom. The molecule has 0 unspecified atom stereocenters.